The number of phenolic OH excluding ortho intramolecular Hbond substituents is 1. The summed E-state index contributed by atoms with van der Waals surface area (Å²) in [4.78, 5) is 27.4. The Hall–Kier alpha value is -5.01. The molecule has 0 saturated heterocycles. The molecule has 2 N–H and O–H groups in total. The number of nitro benzene ring substituents is 1. The molecule has 0 radical (unpaired) electrons. The summed E-state index contributed by atoms with van der Waals surface area (Å²) in [6.07, 6.45) is 1.12. The molecule has 0 atom stereocenters. The Morgan fingerprint density at radius 2 is 1.76 bits per heavy atom. The molecule has 1 heterocycles. The van der Waals surface area contributed by atoms with E-state index in [9.17, 15) is 25.3 Å². The number of nitrogens with one attached hydrogen (secondary N) is 1. The number of amides is 1. The number of nitriles is 1. The lowest BCUT2D eigenvalue weighted by Gasteiger charge is -2.12. The van der Waals surface area contributed by atoms with Crippen LogP contribution in [-0.2, 0) is 4.79 Å². The van der Waals surface area contributed by atoms with Gasteiger partial charge in [-0.25, -0.2) is 10.4 Å². The predicted octanol–water partition coefficient (Wildman–Crippen LogP) is 5.14. The standard InChI is InChI=1S/C27H19N5O4S/c28-15-23-22(18-7-3-1-4-8-18)14-24(19-9-5-2-6-10-19)30-27(23)37-17-26(34)31-29-16-20-13-21(32(35)36)11-12-25(20)33/h1-14,16,33H,17H2,(H,31,34). The van der Waals surface area contributed by atoms with Crippen LogP contribution in [0.25, 0.3) is 22.4 Å². The van der Waals surface area contributed by atoms with Crippen LogP contribution in [0.4, 0.5) is 5.69 Å². The molecule has 1 aromatic heterocycles. The van der Waals surface area contributed by atoms with Crippen molar-refractivity contribution in [1.82, 2.24) is 10.4 Å². The van der Waals surface area contributed by atoms with Crippen LogP contribution in [0.5, 0.6) is 5.75 Å². The zero-order valence-corrected chi connectivity index (χ0v) is 20.1. The van der Waals surface area contributed by atoms with Crippen LogP contribution < -0.4 is 5.43 Å². The first kappa shape index (κ1) is 25.1. The van der Waals surface area contributed by atoms with Crippen molar-refractivity contribution in [3.8, 4) is 34.2 Å². The highest BCUT2D eigenvalue weighted by molar-refractivity contribution is 8.00. The van der Waals surface area contributed by atoms with Crippen molar-refractivity contribution in [3.05, 3.63) is 106 Å². The van der Waals surface area contributed by atoms with Crippen molar-refractivity contribution < 1.29 is 14.8 Å². The molecule has 0 saturated carbocycles. The number of nitro groups is 1. The number of non-ortho nitro benzene ring substituents is 1. The average Bonchev–Trinajstić information content (AvgIpc) is 2.93. The van der Waals surface area contributed by atoms with Gasteiger partial charge in [0.1, 0.15) is 16.8 Å². The topological polar surface area (TPSA) is 142 Å². The van der Waals surface area contributed by atoms with Gasteiger partial charge in [-0.15, -0.1) is 0 Å². The Balaban J connectivity index is 1.56. The molecule has 10 heteroatoms. The van der Waals surface area contributed by atoms with Crippen molar-refractivity contribution in [2.75, 3.05) is 5.75 Å². The van der Waals surface area contributed by atoms with Gasteiger partial charge >= 0.3 is 0 Å². The molecule has 0 spiro atoms. The number of carbonyl (C=O) groups is 1. The maximum absolute atomic E-state index is 12.4. The summed E-state index contributed by atoms with van der Waals surface area (Å²) >= 11 is 1.09. The molecule has 0 bridgehead atoms. The number of aromatic hydroxyl groups is 1. The van der Waals surface area contributed by atoms with Crippen LogP contribution in [0.2, 0.25) is 0 Å². The summed E-state index contributed by atoms with van der Waals surface area (Å²) in [6, 6.07) is 26.6. The fourth-order valence-electron chi connectivity index (χ4n) is 3.44. The van der Waals surface area contributed by atoms with E-state index in [1.54, 1.807) is 0 Å². The van der Waals surface area contributed by atoms with E-state index in [4.69, 9.17) is 0 Å². The summed E-state index contributed by atoms with van der Waals surface area (Å²) in [5.41, 5.74) is 5.64. The number of aromatic nitrogens is 1. The van der Waals surface area contributed by atoms with Gasteiger partial charge in [-0.05, 0) is 17.7 Å². The monoisotopic (exact) mass is 509 g/mol. The minimum Gasteiger partial charge on any atom is -0.507 e. The summed E-state index contributed by atoms with van der Waals surface area (Å²) in [5, 5.41) is 34.9. The van der Waals surface area contributed by atoms with Gasteiger partial charge in [0.25, 0.3) is 5.69 Å². The van der Waals surface area contributed by atoms with Crippen LogP contribution in [0.15, 0.2) is 95.1 Å². The lowest BCUT2D eigenvalue weighted by atomic mass is 9.99. The first-order valence-electron chi connectivity index (χ1n) is 10.9. The van der Waals surface area contributed by atoms with Gasteiger partial charge in [0.05, 0.1) is 28.1 Å². The molecule has 182 valence electrons. The molecule has 3 aromatic carbocycles. The number of hydrogen-bond donors (Lipinski definition) is 2. The fourth-order valence-corrected chi connectivity index (χ4v) is 4.23. The first-order chi connectivity index (χ1) is 18.0. The summed E-state index contributed by atoms with van der Waals surface area (Å²) in [5.74, 6) is -0.790. The number of rotatable bonds is 8. The van der Waals surface area contributed by atoms with Crippen molar-refractivity contribution in [2.24, 2.45) is 5.10 Å². The van der Waals surface area contributed by atoms with Crippen LogP contribution in [0.3, 0.4) is 0 Å². The fraction of sp³-hybridized carbons (Fsp3) is 0.0370. The Kier molecular flexibility index (Phi) is 7.88. The van der Waals surface area contributed by atoms with Gasteiger partial charge in [-0.3, -0.25) is 14.9 Å². The molecule has 4 aromatic rings. The molecule has 1 amide bonds. The highest BCUT2D eigenvalue weighted by Gasteiger charge is 2.17. The molecule has 4 rings (SSSR count). The second-order valence-electron chi connectivity index (χ2n) is 7.66. The number of benzene rings is 3. The van der Waals surface area contributed by atoms with Gasteiger partial charge in [0.15, 0.2) is 0 Å². The van der Waals surface area contributed by atoms with E-state index in [-0.39, 0.29) is 22.8 Å². The van der Waals surface area contributed by atoms with E-state index in [1.807, 2.05) is 66.7 Å². The Labute approximate surface area is 216 Å². The smallest absolute Gasteiger partial charge is 0.270 e. The van der Waals surface area contributed by atoms with Crippen molar-refractivity contribution in [2.45, 2.75) is 5.03 Å². The molecule has 0 fully saturated rings. The molecule has 0 aliphatic carbocycles. The lowest BCUT2D eigenvalue weighted by molar-refractivity contribution is -0.384. The number of hydrogen-bond acceptors (Lipinski definition) is 8. The molecule has 37 heavy (non-hydrogen) atoms. The molecule has 0 unspecified atom stereocenters. The van der Waals surface area contributed by atoms with E-state index < -0.39 is 10.8 Å². The lowest BCUT2D eigenvalue weighted by Crippen LogP contribution is -2.19. The summed E-state index contributed by atoms with van der Waals surface area (Å²) in [7, 11) is 0. The SMILES string of the molecule is N#Cc1c(-c2ccccc2)cc(-c2ccccc2)nc1SCC(=O)NN=Cc1cc([N+](=O)[O-])ccc1O. The third kappa shape index (κ3) is 6.17. The van der Waals surface area contributed by atoms with E-state index >= 15 is 0 Å². The minimum atomic E-state index is -0.598. The summed E-state index contributed by atoms with van der Waals surface area (Å²) < 4.78 is 0. The van der Waals surface area contributed by atoms with Gasteiger partial charge in [0, 0.05) is 28.8 Å². The number of carbonyl (C=O) groups excluding carboxylic acids is 1. The number of nitrogens with zero attached hydrogens (tertiary/aromatic N) is 4. The minimum absolute atomic E-state index is 0.0821. The number of thioether (sulfide) groups is 1. The third-order valence-electron chi connectivity index (χ3n) is 5.21. The van der Waals surface area contributed by atoms with E-state index in [0.29, 0.717) is 21.8 Å². The van der Waals surface area contributed by atoms with Crippen LogP contribution >= 0.6 is 11.8 Å². The quantitative estimate of drug-likeness (QED) is 0.145. The van der Waals surface area contributed by atoms with Gasteiger partial charge in [-0.1, -0.05) is 72.4 Å². The Bertz CT molecular complexity index is 1520. The summed E-state index contributed by atoms with van der Waals surface area (Å²) in [6.45, 7) is 0. The molecular formula is C27H19N5O4S. The van der Waals surface area contributed by atoms with Gasteiger partial charge in [0.2, 0.25) is 5.91 Å². The van der Waals surface area contributed by atoms with Crippen molar-refractivity contribution in [1.29, 1.82) is 5.26 Å². The third-order valence-corrected chi connectivity index (χ3v) is 6.18. The Morgan fingerprint density at radius 3 is 2.41 bits per heavy atom. The maximum Gasteiger partial charge on any atom is 0.270 e. The average molecular weight is 510 g/mol. The van der Waals surface area contributed by atoms with Crippen LogP contribution in [0.1, 0.15) is 11.1 Å². The van der Waals surface area contributed by atoms with Gasteiger partial charge in [-0.2, -0.15) is 10.4 Å². The first-order valence-corrected chi connectivity index (χ1v) is 11.9. The van der Waals surface area contributed by atoms with E-state index in [2.05, 4.69) is 21.6 Å². The van der Waals surface area contributed by atoms with Crippen LogP contribution in [0, 0.1) is 21.4 Å². The second-order valence-corrected chi connectivity index (χ2v) is 8.63. The Morgan fingerprint density at radius 1 is 1.08 bits per heavy atom. The second kappa shape index (κ2) is 11.6. The number of phenols is 1. The van der Waals surface area contributed by atoms with Gasteiger partial charge < -0.3 is 5.11 Å². The van der Waals surface area contributed by atoms with E-state index in [1.165, 1.54) is 6.07 Å². The number of hydrazone groups is 1. The highest BCUT2D eigenvalue weighted by atomic mass is 32.2. The number of pyridine rings is 1. The van der Waals surface area contributed by atoms with Crippen LogP contribution in [-0.4, -0.2) is 32.9 Å². The van der Waals surface area contributed by atoms with Crippen molar-refractivity contribution >= 4 is 29.6 Å². The zero-order chi connectivity index (χ0) is 26.2. The van der Waals surface area contributed by atoms with Crippen molar-refractivity contribution in [3.63, 3.8) is 0 Å². The molecule has 0 aliphatic heterocycles. The maximum atomic E-state index is 12.4. The normalized spacial score (nSPS) is 10.7. The zero-order valence-electron chi connectivity index (χ0n) is 19.2. The molecule has 9 nitrogen and oxygen atoms in total. The highest BCUT2D eigenvalue weighted by Crippen LogP contribution is 2.34. The van der Waals surface area contributed by atoms with E-state index in [0.717, 1.165) is 41.2 Å². The molecular weight excluding hydrogens is 490 g/mol. The largest absolute Gasteiger partial charge is 0.507 e. The molecule has 0 aliphatic rings. The predicted molar refractivity (Wildman–Crippen MR) is 141 cm³/mol.